The lowest BCUT2D eigenvalue weighted by Gasteiger charge is -2.14. The third-order valence-electron chi connectivity index (χ3n) is 4.73. The molecule has 0 spiro atoms. The van der Waals surface area contributed by atoms with Gasteiger partial charge < -0.3 is 5.32 Å². The van der Waals surface area contributed by atoms with Crippen molar-refractivity contribution in [3.8, 4) is 0 Å². The number of carbonyl (C=O) groups is 3. The summed E-state index contributed by atoms with van der Waals surface area (Å²) in [4.78, 5) is 38.2. The Morgan fingerprint density at radius 2 is 1.44 bits per heavy atom. The number of rotatable bonds is 5. The number of imide groups is 1. The summed E-state index contributed by atoms with van der Waals surface area (Å²) in [6.45, 7) is 0.231. The number of benzene rings is 3. The van der Waals surface area contributed by atoms with E-state index >= 15 is 0 Å². The van der Waals surface area contributed by atoms with E-state index in [2.05, 4.69) is 5.32 Å². The number of carbonyl (C=O) groups excluding carboxylic acids is 3. The van der Waals surface area contributed by atoms with Gasteiger partial charge in [0.2, 0.25) is 5.91 Å². The molecule has 4 rings (SSSR count). The molecule has 1 aliphatic rings. The number of hydrogen-bond acceptors (Lipinski definition) is 3. The van der Waals surface area contributed by atoms with Crippen LogP contribution in [0.3, 0.4) is 0 Å². The average molecular weight is 358 g/mol. The molecule has 0 saturated carbocycles. The third kappa shape index (κ3) is 3.19. The van der Waals surface area contributed by atoms with E-state index < -0.39 is 0 Å². The van der Waals surface area contributed by atoms with Crippen LogP contribution in [-0.4, -0.2) is 29.2 Å². The molecule has 3 amide bonds. The highest BCUT2D eigenvalue weighted by atomic mass is 16.2. The summed E-state index contributed by atoms with van der Waals surface area (Å²) in [5.74, 6) is -0.710. The van der Waals surface area contributed by atoms with Gasteiger partial charge in [-0.05, 0) is 30.0 Å². The van der Waals surface area contributed by atoms with Gasteiger partial charge >= 0.3 is 0 Å². The van der Waals surface area contributed by atoms with Gasteiger partial charge in [0.25, 0.3) is 11.8 Å². The summed E-state index contributed by atoms with van der Waals surface area (Å²) in [6.07, 6.45) is 0.651. The van der Waals surface area contributed by atoms with Crippen LogP contribution in [0.2, 0.25) is 0 Å². The molecule has 1 heterocycles. The highest BCUT2D eigenvalue weighted by Gasteiger charge is 2.34. The first-order chi connectivity index (χ1) is 13.1. The van der Waals surface area contributed by atoms with Crippen LogP contribution < -0.4 is 5.32 Å². The van der Waals surface area contributed by atoms with Crippen LogP contribution in [0, 0.1) is 0 Å². The summed E-state index contributed by atoms with van der Waals surface area (Å²) < 4.78 is 0. The molecule has 1 aliphatic heterocycles. The van der Waals surface area contributed by atoms with E-state index in [9.17, 15) is 14.4 Å². The van der Waals surface area contributed by atoms with Crippen molar-refractivity contribution in [2.24, 2.45) is 0 Å². The predicted molar refractivity (Wildman–Crippen MR) is 104 cm³/mol. The second-order valence-electron chi connectivity index (χ2n) is 6.49. The molecule has 5 heteroatoms. The molecule has 0 radical (unpaired) electrons. The number of hydrogen-bond donors (Lipinski definition) is 1. The van der Waals surface area contributed by atoms with Crippen molar-refractivity contribution >= 4 is 34.2 Å². The molecule has 0 aromatic heterocycles. The molecule has 3 aromatic carbocycles. The summed E-state index contributed by atoms with van der Waals surface area (Å²) in [6, 6.07) is 20.4. The molecule has 0 aliphatic carbocycles. The van der Waals surface area contributed by atoms with Crippen LogP contribution in [0.15, 0.2) is 66.7 Å². The lowest BCUT2D eigenvalue weighted by molar-refractivity contribution is -0.116. The van der Waals surface area contributed by atoms with Crippen LogP contribution in [0.1, 0.15) is 33.6 Å². The Morgan fingerprint density at radius 1 is 0.815 bits per heavy atom. The first-order valence-corrected chi connectivity index (χ1v) is 8.88. The Hall–Kier alpha value is -3.47. The lowest BCUT2D eigenvalue weighted by Crippen LogP contribution is -2.31. The molecule has 0 fully saturated rings. The number of fused-ring (bicyclic) bond motifs is 2. The minimum Gasteiger partial charge on any atom is -0.326 e. The van der Waals surface area contributed by atoms with Gasteiger partial charge in [-0.15, -0.1) is 0 Å². The zero-order chi connectivity index (χ0) is 18.8. The molecule has 134 valence electrons. The highest BCUT2D eigenvalue weighted by molar-refractivity contribution is 6.21. The van der Waals surface area contributed by atoms with Crippen LogP contribution in [0.5, 0.6) is 0 Å². The maximum Gasteiger partial charge on any atom is 0.261 e. The van der Waals surface area contributed by atoms with E-state index in [1.165, 1.54) is 4.90 Å². The van der Waals surface area contributed by atoms with E-state index in [-0.39, 0.29) is 30.7 Å². The van der Waals surface area contributed by atoms with E-state index in [4.69, 9.17) is 0 Å². The molecule has 3 aromatic rings. The Morgan fingerprint density at radius 3 is 2.19 bits per heavy atom. The van der Waals surface area contributed by atoms with Gasteiger partial charge in [0.1, 0.15) is 0 Å². The molecule has 0 bridgehead atoms. The van der Waals surface area contributed by atoms with Crippen molar-refractivity contribution in [2.75, 3.05) is 11.9 Å². The molecule has 1 N–H and O–H groups in total. The third-order valence-corrected chi connectivity index (χ3v) is 4.73. The molecule has 5 nitrogen and oxygen atoms in total. The topological polar surface area (TPSA) is 66.5 Å². The summed E-state index contributed by atoms with van der Waals surface area (Å²) in [5, 5.41) is 4.96. The highest BCUT2D eigenvalue weighted by Crippen LogP contribution is 2.24. The summed E-state index contributed by atoms with van der Waals surface area (Å²) >= 11 is 0. The fraction of sp³-hybridized carbons (Fsp3) is 0.136. The van der Waals surface area contributed by atoms with Gasteiger partial charge in [-0.25, -0.2) is 0 Å². The molecule has 0 unspecified atom stereocenters. The van der Waals surface area contributed by atoms with Gasteiger partial charge in [-0.3, -0.25) is 19.3 Å². The largest absolute Gasteiger partial charge is 0.326 e. The number of nitrogens with zero attached hydrogens (tertiary/aromatic N) is 1. The van der Waals surface area contributed by atoms with Crippen molar-refractivity contribution in [2.45, 2.75) is 12.8 Å². The minimum absolute atomic E-state index is 0.136. The Balaban J connectivity index is 1.37. The maximum atomic E-state index is 12.3. The number of anilines is 1. The van der Waals surface area contributed by atoms with Crippen molar-refractivity contribution in [1.82, 2.24) is 4.90 Å². The van der Waals surface area contributed by atoms with Crippen molar-refractivity contribution < 1.29 is 14.4 Å². The first kappa shape index (κ1) is 17.0. The standard InChI is InChI=1S/C22H18N2O3/c25-20(23-19-12-5-8-15-7-1-2-9-16(15)19)13-6-14-24-21(26)17-10-3-4-11-18(17)22(24)27/h1-5,7-12H,6,13-14H2,(H,23,25). The number of nitrogens with one attached hydrogen (secondary N) is 1. The van der Waals surface area contributed by atoms with Gasteiger partial charge in [-0.2, -0.15) is 0 Å². The SMILES string of the molecule is O=C(CCCN1C(=O)c2ccccc2C1=O)Nc1cccc2ccccc12. The van der Waals surface area contributed by atoms with Crippen LogP contribution in [0.4, 0.5) is 5.69 Å². The van der Waals surface area contributed by atoms with Crippen molar-refractivity contribution in [3.63, 3.8) is 0 Å². The summed E-state index contributed by atoms with van der Waals surface area (Å²) in [7, 11) is 0. The maximum absolute atomic E-state index is 12.3. The van der Waals surface area contributed by atoms with Crippen molar-refractivity contribution in [1.29, 1.82) is 0 Å². The molecular formula is C22H18N2O3. The Bertz CT molecular complexity index is 1020. The second kappa shape index (κ2) is 7.03. The predicted octanol–water partition coefficient (Wildman–Crippen LogP) is 3.85. The van der Waals surface area contributed by atoms with Gasteiger partial charge in [0.05, 0.1) is 11.1 Å². The molecule has 27 heavy (non-hydrogen) atoms. The Labute approximate surface area is 156 Å². The molecule has 0 atom stereocenters. The van der Waals surface area contributed by atoms with Gasteiger partial charge in [0.15, 0.2) is 0 Å². The zero-order valence-electron chi connectivity index (χ0n) is 14.6. The molecular weight excluding hydrogens is 340 g/mol. The normalized spacial score (nSPS) is 13.1. The van der Waals surface area contributed by atoms with E-state index in [1.54, 1.807) is 24.3 Å². The quantitative estimate of drug-likeness (QED) is 0.705. The molecule has 0 saturated heterocycles. The van der Waals surface area contributed by atoms with Crippen LogP contribution >= 0.6 is 0 Å². The Kier molecular flexibility index (Phi) is 4.42. The smallest absolute Gasteiger partial charge is 0.261 e. The second-order valence-corrected chi connectivity index (χ2v) is 6.49. The lowest BCUT2D eigenvalue weighted by atomic mass is 10.1. The fourth-order valence-corrected chi connectivity index (χ4v) is 3.39. The first-order valence-electron chi connectivity index (χ1n) is 8.88. The van der Waals surface area contributed by atoms with Crippen LogP contribution in [0.25, 0.3) is 10.8 Å². The van der Waals surface area contributed by atoms with Gasteiger partial charge in [0, 0.05) is 24.0 Å². The van der Waals surface area contributed by atoms with Crippen LogP contribution in [-0.2, 0) is 4.79 Å². The van der Waals surface area contributed by atoms with Gasteiger partial charge in [-0.1, -0.05) is 48.5 Å². The van der Waals surface area contributed by atoms with Crippen molar-refractivity contribution in [3.05, 3.63) is 77.9 Å². The monoisotopic (exact) mass is 358 g/mol. The van der Waals surface area contributed by atoms with E-state index in [1.807, 2.05) is 42.5 Å². The van der Waals surface area contributed by atoms with E-state index in [0.717, 1.165) is 16.5 Å². The zero-order valence-corrected chi connectivity index (χ0v) is 14.6. The minimum atomic E-state index is -0.287. The summed E-state index contributed by atoms with van der Waals surface area (Å²) in [5.41, 5.74) is 1.63. The van der Waals surface area contributed by atoms with E-state index in [0.29, 0.717) is 17.5 Å². The average Bonchev–Trinajstić information content (AvgIpc) is 2.93. The number of amides is 3. The fourth-order valence-electron chi connectivity index (χ4n) is 3.39.